The predicted octanol–water partition coefficient (Wildman–Crippen LogP) is 1.56. The van der Waals surface area contributed by atoms with Gasteiger partial charge in [0.05, 0.1) is 6.04 Å². The average Bonchev–Trinajstić information content (AvgIpc) is 2.10. The van der Waals surface area contributed by atoms with Crippen LogP contribution in [0.25, 0.3) is 0 Å². The maximum Gasteiger partial charge on any atom is 0.149 e. The van der Waals surface area contributed by atoms with Crippen molar-refractivity contribution >= 4 is 11.6 Å². The summed E-state index contributed by atoms with van der Waals surface area (Å²) in [7, 11) is 1.72. The summed E-state index contributed by atoms with van der Waals surface area (Å²) < 4.78 is 0. The summed E-state index contributed by atoms with van der Waals surface area (Å²) in [6.07, 6.45) is 0.773. The largest absolute Gasteiger partial charge is 0.310 e. The lowest BCUT2D eigenvalue weighted by Crippen LogP contribution is -2.38. The number of ketones is 2. The second kappa shape index (κ2) is 5.25. The molecule has 0 aliphatic rings. The molecule has 0 aliphatic carbocycles. The zero-order chi connectivity index (χ0) is 11.4. The van der Waals surface area contributed by atoms with Crippen LogP contribution in [0.15, 0.2) is 0 Å². The Kier molecular flexibility index (Phi) is 4.99. The second-order valence-electron chi connectivity index (χ2n) is 4.54. The third-order valence-electron chi connectivity index (χ3n) is 2.31. The maximum atomic E-state index is 11.7. The van der Waals surface area contributed by atoms with Gasteiger partial charge in [-0.2, -0.15) is 0 Å². The smallest absolute Gasteiger partial charge is 0.149 e. The van der Waals surface area contributed by atoms with Gasteiger partial charge in [0.25, 0.3) is 0 Å². The number of likely N-dealkylation sites (N-methyl/N-ethyl adjacent to an activating group) is 1. The van der Waals surface area contributed by atoms with Crippen molar-refractivity contribution < 1.29 is 9.59 Å². The first kappa shape index (κ1) is 13.3. The molecule has 0 bridgehead atoms. The van der Waals surface area contributed by atoms with Crippen LogP contribution >= 0.6 is 0 Å². The lowest BCUT2D eigenvalue weighted by Gasteiger charge is -2.20. The molecule has 0 spiro atoms. The van der Waals surface area contributed by atoms with Crippen LogP contribution in [0.1, 0.15) is 40.5 Å². The van der Waals surface area contributed by atoms with E-state index in [1.54, 1.807) is 7.05 Å². The Labute approximate surface area is 86.3 Å². The van der Waals surface area contributed by atoms with Crippen molar-refractivity contribution in [2.24, 2.45) is 5.41 Å². The summed E-state index contributed by atoms with van der Waals surface area (Å²) in [5, 5.41) is 2.89. The number of carbonyl (C=O) groups excluding carboxylic acids is 2. The fourth-order valence-corrected chi connectivity index (χ4v) is 1.11. The summed E-state index contributed by atoms with van der Waals surface area (Å²) in [4.78, 5) is 23.1. The van der Waals surface area contributed by atoms with Gasteiger partial charge < -0.3 is 5.32 Å². The molecule has 3 nitrogen and oxygen atoms in total. The minimum absolute atomic E-state index is 0.102. The number of nitrogens with one attached hydrogen (secondary N) is 1. The molecule has 0 heterocycles. The van der Waals surface area contributed by atoms with Crippen molar-refractivity contribution in [3.63, 3.8) is 0 Å². The Morgan fingerprint density at radius 2 is 1.79 bits per heavy atom. The Morgan fingerprint density at radius 3 is 2.07 bits per heavy atom. The van der Waals surface area contributed by atoms with Crippen molar-refractivity contribution in [2.45, 2.75) is 46.6 Å². The van der Waals surface area contributed by atoms with Gasteiger partial charge in [-0.05, 0) is 7.05 Å². The lowest BCUT2D eigenvalue weighted by molar-refractivity contribution is -0.130. The fourth-order valence-electron chi connectivity index (χ4n) is 1.11. The molecule has 0 saturated carbocycles. The van der Waals surface area contributed by atoms with E-state index in [0.29, 0.717) is 12.8 Å². The van der Waals surface area contributed by atoms with Crippen molar-refractivity contribution in [3.8, 4) is 0 Å². The molecule has 0 fully saturated rings. The monoisotopic (exact) mass is 199 g/mol. The van der Waals surface area contributed by atoms with Crippen LogP contribution < -0.4 is 5.32 Å². The summed E-state index contributed by atoms with van der Waals surface area (Å²) in [6, 6.07) is -0.313. The zero-order valence-electron chi connectivity index (χ0n) is 9.81. The van der Waals surface area contributed by atoms with Crippen LogP contribution in [-0.2, 0) is 9.59 Å². The second-order valence-corrected chi connectivity index (χ2v) is 4.54. The van der Waals surface area contributed by atoms with Crippen LogP contribution in [0, 0.1) is 5.41 Å². The predicted molar refractivity (Wildman–Crippen MR) is 57.2 cm³/mol. The molecule has 1 unspecified atom stereocenters. The highest BCUT2D eigenvalue weighted by Gasteiger charge is 2.26. The highest BCUT2D eigenvalue weighted by Crippen LogP contribution is 2.18. The maximum absolute atomic E-state index is 11.7. The molecule has 1 N–H and O–H groups in total. The first-order valence-electron chi connectivity index (χ1n) is 5.06. The molecule has 0 aromatic carbocycles. The van der Waals surface area contributed by atoms with E-state index in [-0.39, 0.29) is 23.0 Å². The van der Waals surface area contributed by atoms with Gasteiger partial charge in [0.1, 0.15) is 11.6 Å². The highest BCUT2D eigenvalue weighted by atomic mass is 16.1. The molecule has 0 aliphatic heterocycles. The van der Waals surface area contributed by atoms with Gasteiger partial charge in [-0.3, -0.25) is 9.59 Å². The normalized spacial score (nSPS) is 13.8. The average molecular weight is 199 g/mol. The van der Waals surface area contributed by atoms with E-state index in [9.17, 15) is 9.59 Å². The quantitative estimate of drug-likeness (QED) is 0.731. The van der Waals surface area contributed by atoms with Gasteiger partial charge in [0, 0.05) is 18.3 Å². The Balaban J connectivity index is 4.34. The zero-order valence-corrected chi connectivity index (χ0v) is 9.81. The van der Waals surface area contributed by atoms with Crippen molar-refractivity contribution in [1.82, 2.24) is 5.32 Å². The summed E-state index contributed by atoms with van der Waals surface area (Å²) in [6.45, 7) is 7.43. The molecule has 82 valence electrons. The molecule has 3 heteroatoms. The molecule has 1 atom stereocenters. The Hall–Kier alpha value is -0.700. The first-order chi connectivity index (χ1) is 6.32. The minimum atomic E-state index is -0.358. The minimum Gasteiger partial charge on any atom is -0.310 e. The molecule has 0 amide bonds. The van der Waals surface area contributed by atoms with Gasteiger partial charge in [-0.1, -0.05) is 27.7 Å². The molecule has 0 aromatic rings. The van der Waals surface area contributed by atoms with Crippen LogP contribution in [0.4, 0.5) is 0 Å². The highest BCUT2D eigenvalue weighted by molar-refractivity contribution is 5.92. The number of Topliss-reactive ketones (excluding diaryl/α,β-unsaturated/α-hetero) is 2. The summed E-state index contributed by atoms with van der Waals surface area (Å²) in [5.74, 6) is 0.226. The van der Waals surface area contributed by atoms with E-state index in [1.807, 2.05) is 27.7 Å². The Morgan fingerprint density at radius 1 is 1.29 bits per heavy atom. The van der Waals surface area contributed by atoms with Crippen molar-refractivity contribution in [1.29, 1.82) is 0 Å². The van der Waals surface area contributed by atoms with Gasteiger partial charge in [0.15, 0.2) is 0 Å². The summed E-state index contributed by atoms with van der Waals surface area (Å²) >= 11 is 0. The number of rotatable bonds is 5. The molecular weight excluding hydrogens is 178 g/mol. The van der Waals surface area contributed by atoms with Gasteiger partial charge in [-0.25, -0.2) is 0 Å². The third kappa shape index (κ3) is 4.01. The molecule has 0 aromatic heterocycles. The molecule has 0 radical (unpaired) electrons. The van der Waals surface area contributed by atoms with E-state index in [4.69, 9.17) is 0 Å². The van der Waals surface area contributed by atoms with Crippen molar-refractivity contribution in [3.05, 3.63) is 0 Å². The number of hydrogen-bond donors (Lipinski definition) is 1. The third-order valence-corrected chi connectivity index (χ3v) is 2.31. The van der Waals surface area contributed by atoms with E-state index in [1.165, 1.54) is 0 Å². The van der Waals surface area contributed by atoms with E-state index < -0.39 is 0 Å². The number of hydrogen-bond acceptors (Lipinski definition) is 3. The Bertz CT molecular complexity index is 216. The first-order valence-corrected chi connectivity index (χ1v) is 5.06. The van der Waals surface area contributed by atoms with E-state index in [0.717, 1.165) is 0 Å². The lowest BCUT2D eigenvalue weighted by atomic mass is 9.86. The van der Waals surface area contributed by atoms with Gasteiger partial charge >= 0.3 is 0 Å². The van der Waals surface area contributed by atoms with Crippen LogP contribution in [0.2, 0.25) is 0 Å². The molecule has 0 saturated heterocycles. The fraction of sp³-hybridized carbons (Fsp3) is 0.818. The van der Waals surface area contributed by atoms with Crippen molar-refractivity contribution in [2.75, 3.05) is 7.05 Å². The number of carbonyl (C=O) groups is 2. The molecular formula is C11H21NO2. The van der Waals surface area contributed by atoms with E-state index >= 15 is 0 Å². The van der Waals surface area contributed by atoms with Gasteiger partial charge in [-0.15, -0.1) is 0 Å². The topological polar surface area (TPSA) is 46.2 Å². The van der Waals surface area contributed by atoms with Crippen LogP contribution in [0.3, 0.4) is 0 Å². The van der Waals surface area contributed by atoms with Crippen LogP contribution in [-0.4, -0.2) is 24.7 Å². The van der Waals surface area contributed by atoms with Crippen LogP contribution in [0.5, 0.6) is 0 Å². The van der Waals surface area contributed by atoms with E-state index in [2.05, 4.69) is 5.32 Å². The molecule has 0 rings (SSSR count). The molecule has 14 heavy (non-hydrogen) atoms. The van der Waals surface area contributed by atoms with Gasteiger partial charge in [0.2, 0.25) is 0 Å². The standard InChI is InChI=1S/C11H21NO2/c1-6-9(13)8(12-5)7-10(14)11(2,3)4/h8,12H,6-7H2,1-5H3. The SMILES string of the molecule is CCC(=O)C(CC(=O)C(C)(C)C)NC. The summed E-state index contributed by atoms with van der Waals surface area (Å²) in [5.41, 5.74) is -0.358.